The number of esters is 1. The van der Waals surface area contributed by atoms with Crippen LogP contribution in [0.3, 0.4) is 0 Å². The topological polar surface area (TPSA) is 89.9 Å². The van der Waals surface area contributed by atoms with E-state index in [1.54, 1.807) is 0 Å². The van der Waals surface area contributed by atoms with Crippen molar-refractivity contribution in [2.45, 2.75) is 90.3 Å². The molecular weight excluding hydrogens is 698 g/mol. The van der Waals surface area contributed by atoms with Gasteiger partial charge in [0.15, 0.2) is 0 Å². The van der Waals surface area contributed by atoms with Crippen molar-refractivity contribution >= 4 is 26.5 Å². The van der Waals surface area contributed by atoms with Gasteiger partial charge in [-0.3, -0.25) is 9.35 Å². The molecular formula is C40H47F3O6S2. The lowest BCUT2D eigenvalue weighted by molar-refractivity contribution is -0.190. The number of alkyl halides is 2. The molecule has 6 fully saturated rings. The first kappa shape index (κ1) is 36.5. The Morgan fingerprint density at radius 2 is 1.22 bits per heavy atom. The highest BCUT2D eigenvalue weighted by Gasteiger charge is 2.56. The number of ether oxygens (including phenoxy) is 2. The molecule has 6 bridgehead atoms. The second-order valence-corrected chi connectivity index (χ2v) is 19.6. The van der Waals surface area contributed by atoms with Gasteiger partial charge < -0.3 is 9.47 Å². The van der Waals surface area contributed by atoms with Crippen molar-refractivity contribution in [2.24, 2.45) is 40.9 Å². The van der Waals surface area contributed by atoms with Gasteiger partial charge in [0.1, 0.15) is 12.7 Å². The molecule has 0 spiro atoms. The van der Waals surface area contributed by atoms with Gasteiger partial charge >= 0.3 is 21.3 Å². The van der Waals surface area contributed by atoms with E-state index in [1.807, 2.05) is 91.0 Å². The first-order chi connectivity index (χ1) is 24.4. The Kier molecular flexibility index (Phi) is 10.4. The van der Waals surface area contributed by atoms with Gasteiger partial charge in [0.25, 0.3) is 0 Å². The van der Waals surface area contributed by atoms with Crippen molar-refractivity contribution in [3.05, 3.63) is 91.0 Å². The minimum Gasteiger partial charge on any atom is -0.459 e. The molecule has 1 N–H and O–H groups in total. The molecule has 4 atom stereocenters. The Bertz CT molecular complexity index is 1630. The van der Waals surface area contributed by atoms with Crippen LogP contribution in [0, 0.1) is 40.9 Å². The molecule has 276 valence electrons. The van der Waals surface area contributed by atoms with E-state index < -0.39 is 38.5 Å². The van der Waals surface area contributed by atoms with E-state index in [1.165, 1.54) is 25.7 Å². The van der Waals surface area contributed by atoms with Gasteiger partial charge in [-0.15, -0.1) is 0 Å². The summed E-state index contributed by atoms with van der Waals surface area (Å²) in [5, 5.41) is -4.38. The van der Waals surface area contributed by atoms with E-state index in [0.29, 0.717) is 29.6 Å². The number of carbonyl (C=O) groups is 1. The number of carbonyl (C=O) groups excluding carboxylic acids is 1. The van der Waals surface area contributed by atoms with Crippen LogP contribution in [0.25, 0.3) is 0 Å². The maximum atomic E-state index is 16.1. The van der Waals surface area contributed by atoms with E-state index in [0.717, 1.165) is 53.2 Å². The smallest absolute Gasteiger partial charge is 0.392 e. The molecule has 9 rings (SSSR count). The van der Waals surface area contributed by atoms with Crippen LogP contribution >= 0.6 is 10.4 Å². The number of benzene rings is 3. The number of hydrogen-bond donors (Lipinski definition) is 1. The molecule has 6 saturated carbocycles. The molecule has 0 heterocycles. The molecule has 0 aromatic heterocycles. The third-order valence-corrected chi connectivity index (χ3v) is 15.8. The van der Waals surface area contributed by atoms with Gasteiger partial charge in [-0.05, 0) is 134 Å². The standard InChI is InChI=1S/C22H32F2O6S.C18H15FS/c23-22(24,31(26,27)28)12-29-11-19(30-20(25)18-7-13-1-2-17(18)6-13)21-8-14-3-15(9-21)5-16(4-14)10-21;19-20(16-10-4-1-5-11-16,17-12-6-2-7-13-17)18-14-8-3-9-15-18/h13-19H,1-12H2,(H,26,27,28);1-15H. The van der Waals surface area contributed by atoms with Crippen LogP contribution < -0.4 is 0 Å². The third kappa shape index (κ3) is 7.50. The lowest BCUT2D eigenvalue weighted by Crippen LogP contribution is -2.54. The third-order valence-electron chi connectivity index (χ3n) is 12.2. The Labute approximate surface area is 300 Å². The van der Waals surface area contributed by atoms with E-state index in [4.69, 9.17) is 14.0 Å². The first-order valence-electron chi connectivity index (χ1n) is 18.2. The molecule has 4 unspecified atom stereocenters. The maximum absolute atomic E-state index is 16.1. The summed E-state index contributed by atoms with van der Waals surface area (Å²) in [5.74, 6) is 2.33. The number of hydrogen-bond acceptors (Lipinski definition) is 5. The van der Waals surface area contributed by atoms with Crippen LogP contribution in [-0.2, 0) is 24.4 Å². The van der Waals surface area contributed by atoms with Crippen molar-refractivity contribution in [1.29, 1.82) is 0 Å². The molecule has 6 aliphatic carbocycles. The summed E-state index contributed by atoms with van der Waals surface area (Å²) in [4.78, 5) is 15.3. The lowest BCUT2D eigenvalue weighted by Gasteiger charge is -2.58. The number of fused-ring (bicyclic) bond motifs is 2. The highest BCUT2D eigenvalue weighted by molar-refractivity contribution is 8.29. The van der Waals surface area contributed by atoms with E-state index in [9.17, 15) is 22.0 Å². The van der Waals surface area contributed by atoms with Crippen molar-refractivity contribution in [3.63, 3.8) is 0 Å². The van der Waals surface area contributed by atoms with Crippen LogP contribution in [0.15, 0.2) is 106 Å². The quantitative estimate of drug-likeness (QED) is 0.155. The molecule has 3 aromatic rings. The second-order valence-electron chi connectivity index (χ2n) is 15.6. The van der Waals surface area contributed by atoms with Crippen molar-refractivity contribution in [1.82, 2.24) is 0 Å². The van der Waals surface area contributed by atoms with Crippen molar-refractivity contribution < 1.29 is 39.9 Å². The van der Waals surface area contributed by atoms with Gasteiger partial charge in [-0.2, -0.15) is 21.1 Å². The summed E-state index contributed by atoms with van der Waals surface area (Å²) >= 11 is 0. The zero-order chi connectivity index (χ0) is 35.9. The van der Waals surface area contributed by atoms with E-state index in [2.05, 4.69) is 0 Å². The van der Waals surface area contributed by atoms with Crippen LogP contribution in [0.5, 0.6) is 0 Å². The minimum atomic E-state index is -5.55. The maximum Gasteiger partial charge on any atom is 0.392 e. The Morgan fingerprint density at radius 1 is 0.745 bits per heavy atom. The van der Waals surface area contributed by atoms with Crippen LogP contribution in [0.1, 0.15) is 64.2 Å². The highest BCUT2D eigenvalue weighted by Crippen LogP contribution is 2.69. The van der Waals surface area contributed by atoms with Gasteiger partial charge in [-0.1, -0.05) is 61.0 Å². The van der Waals surface area contributed by atoms with Gasteiger partial charge in [0.2, 0.25) is 0 Å². The fourth-order valence-corrected chi connectivity index (χ4v) is 12.9. The summed E-state index contributed by atoms with van der Waals surface area (Å²) < 4.78 is 85.2. The predicted molar refractivity (Wildman–Crippen MR) is 190 cm³/mol. The Hall–Kier alpha value is -2.86. The normalized spacial score (nSPS) is 30.4. The van der Waals surface area contributed by atoms with Gasteiger partial charge in [0, 0.05) is 20.1 Å². The molecule has 51 heavy (non-hydrogen) atoms. The average molecular weight is 745 g/mol. The predicted octanol–water partition coefficient (Wildman–Crippen LogP) is 9.90. The SMILES string of the molecule is FS(c1ccccc1)(c1ccccc1)c1ccccc1.O=C(OC(COCC(F)(F)S(=O)(=O)O)C12CC3CC(CC(C3)C1)C2)C1CC2CCC1C2. The van der Waals surface area contributed by atoms with Gasteiger partial charge in [-0.25, -0.2) is 0 Å². The highest BCUT2D eigenvalue weighted by atomic mass is 32.3. The van der Waals surface area contributed by atoms with Crippen LogP contribution in [0.4, 0.5) is 12.7 Å². The Morgan fingerprint density at radius 3 is 1.61 bits per heavy atom. The molecule has 0 aliphatic heterocycles. The Balaban J connectivity index is 0.000000175. The monoisotopic (exact) mass is 744 g/mol. The molecule has 6 nitrogen and oxygen atoms in total. The molecule has 0 amide bonds. The van der Waals surface area contributed by atoms with E-state index >= 15 is 3.89 Å². The summed E-state index contributed by atoms with van der Waals surface area (Å²) in [5.41, 5.74) is -0.268. The van der Waals surface area contributed by atoms with E-state index in [-0.39, 0.29) is 23.9 Å². The second kappa shape index (κ2) is 14.5. The molecule has 0 saturated heterocycles. The molecule has 0 radical (unpaired) electrons. The zero-order valence-corrected chi connectivity index (χ0v) is 30.3. The van der Waals surface area contributed by atoms with Gasteiger partial charge in [0.05, 0.1) is 12.5 Å². The first-order valence-corrected chi connectivity index (χ1v) is 21.1. The minimum absolute atomic E-state index is 0.116. The average Bonchev–Trinajstić information content (AvgIpc) is 3.76. The summed E-state index contributed by atoms with van der Waals surface area (Å²) in [7, 11) is -8.23. The number of rotatable bonds is 11. The fraction of sp³-hybridized carbons (Fsp3) is 0.525. The van der Waals surface area contributed by atoms with Crippen LogP contribution in [0.2, 0.25) is 0 Å². The van der Waals surface area contributed by atoms with Crippen LogP contribution in [-0.4, -0.2) is 43.5 Å². The summed E-state index contributed by atoms with van der Waals surface area (Å²) in [6.45, 7) is -1.70. The fourth-order valence-electron chi connectivity index (χ4n) is 10.3. The van der Waals surface area contributed by atoms with Crippen molar-refractivity contribution in [2.75, 3.05) is 13.2 Å². The molecule has 3 aromatic carbocycles. The molecule has 6 aliphatic rings. The van der Waals surface area contributed by atoms with Crippen molar-refractivity contribution in [3.8, 4) is 0 Å². The lowest BCUT2D eigenvalue weighted by atomic mass is 9.48. The number of halogens is 3. The summed E-state index contributed by atoms with van der Waals surface area (Å²) in [6.07, 6.45) is 9.77. The summed E-state index contributed by atoms with van der Waals surface area (Å²) in [6, 6.07) is 28.3. The molecule has 11 heteroatoms. The zero-order valence-electron chi connectivity index (χ0n) is 28.6. The largest absolute Gasteiger partial charge is 0.459 e.